The molecule has 0 aliphatic rings. The van der Waals surface area contributed by atoms with Gasteiger partial charge in [0.25, 0.3) is 23.6 Å². The summed E-state index contributed by atoms with van der Waals surface area (Å²) in [7, 11) is 3.32. The Hall–Kier alpha value is -18.9. The van der Waals surface area contributed by atoms with Crippen LogP contribution in [0.5, 0.6) is 6.01 Å². The van der Waals surface area contributed by atoms with Crippen molar-refractivity contribution in [2.75, 3.05) is 7.11 Å². The van der Waals surface area contributed by atoms with Gasteiger partial charge in [-0.3, -0.25) is 38.8 Å². The van der Waals surface area contributed by atoms with Crippen LogP contribution < -0.4 is 27.7 Å². The Morgan fingerprint density at radius 3 is 1.06 bits per heavy atom. The molecule has 9 aromatic carbocycles. The van der Waals surface area contributed by atoms with Crippen molar-refractivity contribution in [2.24, 2.45) is 30.0 Å². The van der Waals surface area contributed by atoms with Crippen LogP contribution >= 0.6 is 0 Å². The lowest BCUT2D eigenvalue weighted by atomic mass is 9.96. The number of carbonyl (C=O) groups is 4. The van der Waals surface area contributed by atoms with E-state index in [1.165, 1.54) is 61.2 Å². The van der Waals surface area contributed by atoms with Gasteiger partial charge in [0.2, 0.25) is 0 Å². The largest absolute Gasteiger partial charge is 0.467 e. The molecule has 0 atom stereocenters. The third-order valence-corrected chi connectivity index (χ3v) is 22.9. The number of amides is 4. The van der Waals surface area contributed by atoms with Gasteiger partial charge in [-0.25, -0.2) is 57.4 Å². The number of nitrogens with two attached hydrogens (primary N) is 4. The molecule has 11 aromatic heterocycles. The third kappa shape index (κ3) is 23.6. The fourth-order valence-electron chi connectivity index (χ4n) is 16.0. The summed E-state index contributed by atoms with van der Waals surface area (Å²) in [6, 6.07) is 78.1. The molecule has 0 saturated heterocycles. The van der Waals surface area contributed by atoms with E-state index >= 15 is 0 Å². The first kappa shape index (κ1) is 96.2. The van der Waals surface area contributed by atoms with Crippen molar-refractivity contribution in [1.29, 1.82) is 10.5 Å². The minimum atomic E-state index is -4.48. The second kappa shape index (κ2) is 43.0. The second-order valence-corrected chi connectivity index (χ2v) is 32.9. The molecule has 0 saturated carbocycles. The van der Waals surface area contributed by atoms with E-state index in [9.17, 15) is 55.2 Å². The zero-order valence-corrected chi connectivity index (χ0v) is 75.8. The minimum absolute atomic E-state index is 0.147. The third-order valence-electron chi connectivity index (χ3n) is 22.9. The summed E-state index contributed by atoms with van der Waals surface area (Å²) >= 11 is 0. The first-order valence-electron chi connectivity index (χ1n) is 43.8. The number of fused-ring (bicyclic) bond motifs is 5. The molecule has 4 amide bonds. The number of primary amides is 4. The Bertz CT molecular complexity index is 8260. The lowest BCUT2D eigenvalue weighted by Gasteiger charge is -2.11. The summed E-state index contributed by atoms with van der Waals surface area (Å²) in [5.74, 6) is -3.73. The zero-order valence-electron chi connectivity index (χ0n) is 75.8. The Morgan fingerprint density at radius 1 is 0.352 bits per heavy atom. The van der Waals surface area contributed by atoms with Crippen molar-refractivity contribution >= 4 is 78.1 Å². The topological polar surface area (TPSA) is 389 Å². The van der Waals surface area contributed by atoms with Crippen LogP contribution in [0.25, 0.3) is 110 Å². The predicted octanol–water partition coefficient (Wildman–Crippen LogP) is 20.6. The molecule has 0 unspecified atom stereocenters. The molecule has 0 bridgehead atoms. The van der Waals surface area contributed by atoms with Crippen LogP contribution in [0.15, 0.2) is 323 Å². The molecule has 8 N–H and O–H groups in total. The Kier molecular flexibility index (Phi) is 29.1. The normalized spacial score (nSPS) is 11.0. The van der Waals surface area contributed by atoms with Crippen LogP contribution in [0.2, 0.25) is 0 Å². The van der Waals surface area contributed by atoms with E-state index in [2.05, 4.69) is 66.0 Å². The number of halogens is 7. The van der Waals surface area contributed by atoms with Crippen molar-refractivity contribution < 1.29 is 54.6 Å². The van der Waals surface area contributed by atoms with Gasteiger partial charge >= 0.3 is 12.2 Å². The number of aryl methyl sites for hydroxylation is 2. The monoisotopic (exact) mass is 1890 g/mol. The van der Waals surface area contributed by atoms with Gasteiger partial charge in [-0.1, -0.05) is 121 Å². The number of nitrogens with zero attached hydrogens (tertiary/aromatic N) is 15. The number of pyridine rings is 9. The number of aromatic nitrogens is 13. The fraction of sp³-hybridized carbons (Fsp3) is 0.0811. The Labute approximate surface area is 806 Å². The molecule has 20 aromatic rings. The van der Waals surface area contributed by atoms with Gasteiger partial charge in [0, 0.05) is 102 Å². The number of carbonyl (C=O) groups excluding carboxylic acids is 4. The average Bonchev–Trinajstić information content (AvgIpc) is 0.870. The molecule has 0 spiro atoms. The van der Waals surface area contributed by atoms with E-state index < -0.39 is 35.5 Å². The van der Waals surface area contributed by atoms with Crippen molar-refractivity contribution in [3.63, 3.8) is 0 Å². The fourth-order valence-corrected chi connectivity index (χ4v) is 16.0. The van der Waals surface area contributed by atoms with Crippen molar-refractivity contribution in [3.05, 3.63) is 447 Å². The molecular weight excluding hydrogens is 1810 g/mol. The average molecular weight is 1890 g/mol. The van der Waals surface area contributed by atoms with E-state index in [-0.39, 0.29) is 51.7 Å². The molecule has 20 rings (SSSR count). The maximum Gasteiger partial charge on any atom is 0.433 e. The zero-order chi connectivity index (χ0) is 99.8. The van der Waals surface area contributed by atoms with Crippen LogP contribution in [0, 0.1) is 52.9 Å². The maximum atomic E-state index is 13.3. The minimum Gasteiger partial charge on any atom is -0.467 e. The highest BCUT2D eigenvalue weighted by atomic mass is 19.4. The van der Waals surface area contributed by atoms with E-state index in [1.807, 2.05) is 141 Å². The van der Waals surface area contributed by atoms with Gasteiger partial charge < -0.3 is 27.7 Å². The van der Waals surface area contributed by atoms with Crippen molar-refractivity contribution in [2.45, 2.75) is 45.2 Å². The van der Waals surface area contributed by atoms with E-state index in [4.69, 9.17) is 32.9 Å². The number of benzene rings is 9. The molecule has 142 heavy (non-hydrogen) atoms. The van der Waals surface area contributed by atoms with E-state index in [0.29, 0.717) is 77.0 Å². The summed E-state index contributed by atoms with van der Waals surface area (Å²) in [4.78, 5) is 93.2. The molecule has 24 nitrogen and oxygen atoms in total. The molecule has 0 fully saturated rings. The molecule has 0 aliphatic carbocycles. The number of hydrogen-bond acceptors (Lipinski definition) is 19. The van der Waals surface area contributed by atoms with Crippen LogP contribution in [-0.4, -0.2) is 95.3 Å². The van der Waals surface area contributed by atoms with Crippen molar-refractivity contribution in [3.8, 4) is 73.8 Å². The van der Waals surface area contributed by atoms with Crippen LogP contribution in [0.4, 0.5) is 30.7 Å². The maximum absolute atomic E-state index is 13.3. The highest BCUT2D eigenvalue weighted by molar-refractivity contribution is 6.05. The lowest BCUT2D eigenvalue weighted by molar-refractivity contribution is -0.141. The highest BCUT2D eigenvalue weighted by Crippen LogP contribution is 2.38. The molecule has 11 heterocycles. The Balaban J connectivity index is 0.000000128. The van der Waals surface area contributed by atoms with Gasteiger partial charge in [-0.2, -0.15) is 28.8 Å². The van der Waals surface area contributed by atoms with E-state index in [0.717, 1.165) is 145 Å². The predicted molar refractivity (Wildman–Crippen MR) is 525 cm³/mol. The number of rotatable bonds is 20. The van der Waals surface area contributed by atoms with E-state index in [1.54, 1.807) is 146 Å². The second-order valence-electron chi connectivity index (χ2n) is 32.9. The first-order chi connectivity index (χ1) is 68.5. The first-order valence-corrected chi connectivity index (χ1v) is 43.8. The van der Waals surface area contributed by atoms with Gasteiger partial charge in [0.05, 0.1) is 40.9 Å². The summed E-state index contributed by atoms with van der Waals surface area (Å²) in [5, 5.41) is 26.6. The smallest absolute Gasteiger partial charge is 0.433 e. The van der Waals surface area contributed by atoms with Gasteiger partial charge in [-0.15, -0.1) is 0 Å². The molecule has 698 valence electrons. The molecule has 0 aliphatic heterocycles. The lowest BCUT2D eigenvalue weighted by Crippen LogP contribution is -2.13. The van der Waals surface area contributed by atoms with Gasteiger partial charge in [0.15, 0.2) is 0 Å². The highest BCUT2D eigenvalue weighted by Gasteiger charge is 2.33. The summed E-state index contributed by atoms with van der Waals surface area (Å²) in [6.07, 6.45) is 15.4. The quantitative estimate of drug-likeness (QED) is 0.0515. The van der Waals surface area contributed by atoms with Gasteiger partial charge in [-0.05, 0) is 283 Å². The number of ether oxygens (including phenoxy) is 1. The SMILES string of the molecule is COc1ncc(Cc2ccc3c(-c4ccc(F)cc4)cc(C(N)=O)nc3c2)cn1.Cc1ccncc1Cc1ccc2c(-c3ccc(F)cc3)cc(C(N)=O)nc2c1.Cn1cc(-c2cc(C#N)nc3cc(Cc4ccnc(C(F)(F)F)c4)ccc23)cn1.N#Cc1ccc(Cc2ccc3c(-c4ccc(F)cc4)cc(C(N)=O)nc3c2)cn1.NC(=O)c1cc(-c2ccc(F)cc2)c2ccc(Cc3cccnc3)cc2n1. The van der Waals surface area contributed by atoms with Crippen molar-refractivity contribution in [1.82, 2.24) is 64.6 Å². The standard InChI is InChI=1S/C23H15FN4O.C23H18FN3O.C22H17FN4O2.C22H16FN3O.C21H14F3N5/c24-17-5-3-16(4-6-17)20-11-22(23(26)29)28-21-10-14(2-8-19(20)21)9-15-1-7-18(12-25)27-13-15;1-14-8-9-26-13-17(14)10-15-2-7-19-20(16-3-5-18(24)6-4-16)12-22(23(25)28)27-21(19)11-15;1-29-22-25-11-14(12-26-22)8-13-2-7-17-18(15-3-5-16(23)6-4-15)10-20(21(24)28)27-19(17)9-13;23-17-6-4-16(5-7-17)19-12-21(22(24)27)26-20-11-14(3-8-18(19)20)10-15-2-1-9-25-13-15;1-29-12-15(11-27-29)18-9-16(10-25)28-19-7-13(2-3-17(18)19)6-14-4-5-26-20(8-14)21(22,23)24/h1-8,10-11,13H,9H2,(H2,26,29);2-9,11-13H,10H2,1H3,(H2,25,28);2-7,9-12H,8H2,1H3,(H2,24,28);1-9,11-13H,10H2,(H2,24,27);2-5,7-9,11-12H,6H2,1H3. The van der Waals surface area contributed by atoms with Crippen LogP contribution in [0.1, 0.15) is 120 Å². The summed E-state index contributed by atoms with van der Waals surface area (Å²) in [6.45, 7) is 2.05. The Morgan fingerprint density at radius 2 is 0.711 bits per heavy atom. The number of nitriles is 2. The molecule has 31 heteroatoms. The molecule has 0 radical (unpaired) electrons. The molecular formula is C111H80F7N19O5. The van der Waals surface area contributed by atoms with Crippen LogP contribution in [-0.2, 0) is 45.3 Å². The number of hydrogen-bond donors (Lipinski definition) is 4. The number of alkyl halides is 3. The number of methoxy groups -OCH3 is 1. The summed E-state index contributed by atoms with van der Waals surface area (Å²) in [5.41, 5.74) is 44.0. The summed E-state index contributed by atoms with van der Waals surface area (Å²) < 4.78 is 98.6. The van der Waals surface area contributed by atoms with Gasteiger partial charge in [0.1, 0.15) is 75.3 Å². The van der Waals surface area contributed by atoms with Crippen LogP contribution in [0.3, 0.4) is 0 Å².